The SMILES string of the molecule is Cc1ccc(Cc2ccc(-c3ccc(Oc4ccc(C)cc4)cc3)cc2)cc1. The maximum atomic E-state index is 5.92. The van der Waals surface area contributed by atoms with Crippen LogP contribution < -0.4 is 4.74 Å². The van der Waals surface area contributed by atoms with E-state index in [0.717, 1.165) is 17.9 Å². The van der Waals surface area contributed by atoms with E-state index >= 15 is 0 Å². The average molecular weight is 364 g/mol. The Morgan fingerprint density at radius 2 is 0.821 bits per heavy atom. The highest BCUT2D eigenvalue weighted by Crippen LogP contribution is 2.26. The second-order valence-corrected chi connectivity index (χ2v) is 7.30. The lowest BCUT2D eigenvalue weighted by Gasteiger charge is -2.08. The normalized spacial score (nSPS) is 10.6. The molecule has 0 atom stereocenters. The summed E-state index contributed by atoms with van der Waals surface area (Å²) < 4.78 is 5.92. The van der Waals surface area contributed by atoms with Crippen molar-refractivity contribution >= 4 is 0 Å². The summed E-state index contributed by atoms with van der Waals surface area (Å²) in [6, 6.07) is 33.9. The van der Waals surface area contributed by atoms with Crippen molar-refractivity contribution in [2.45, 2.75) is 20.3 Å². The van der Waals surface area contributed by atoms with Crippen LogP contribution in [0.5, 0.6) is 11.5 Å². The molecular formula is C27H24O. The summed E-state index contributed by atoms with van der Waals surface area (Å²) in [4.78, 5) is 0. The quantitative estimate of drug-likeness (QED) is 0.359. The Labute approximate surface area is 167 Å². The van der Waals surface area contributed by atoms with Crippen molar-refractivity contribution < 1.29 is 4.74 Å². The van der Waals surface area contributed by atoms with Crippen LogP contribution in [-0.2, 0) is 6.42 Å². The summed E-state index contributed by atoms with van der Waals surface area (Å²) in [6.45, 7) is 4.19. The lowest BCUT2D eigenvalue weighted by molar-refractivity contribution is 0.482. The van der Waals surface area contributed by atoms with E-state index in [0.29, 0.717) is 0 Å². The van der Waals surface area contributed by atoms with Gasteiger partial charge in [0, 0.05) is 0 Å². The largest absolute Gasteiger partial charge is 0.457 e. The predicted molar refractivity (Wildman–Crippen MR) is 117 cm³/mol. The van der Waals surface area contributed by atoms with Crippen molar-refractivity contribution in [1.29, 1.82) is 0 Å². The van der Waals surface area contributed by atoms with E-state index in [1.807, 2.05) is 24.3 Å². The van der Waals surface area contributed by atoms with Gasteiger partial charge in [0.25, 0.3) is 0 Å². The maximum absolute atomic E-state index is 5.92. The van der Waals surface area contributed by atoms with Gasteiger partial charge in [0.05, 0.1) is 0 Å². The molecule has 0 radical (unpaired) electrons. The van der Waals surface area contributed by atoms with E-state index in [1.165, 1.54) is 33.4 Å². The molecule has 4 aromatic carbocycles. The van der Waals surface area contributed by atoms with Gasteiger partial charge in [0.15, 0.2) is 0 Å². The summed E-state index contributed by atoms with van der Waals surface area (Å²) in [6.07, 6.45) is 0.962. The summed E-state index contributed by atoms with van der Waals surface area (Å²) in [5.74, 6) is 1.71. The Hall–Kier alpha value is -3.32. The molecule has 0 saturated carbocycles. The second-order valence-electron chi connectivity index (χ2n) is 7.30. The third kappa shape index (κ3) is 4.50. The van der Waals surface area contributed by atoms with E-state index in [-0.39, 0.29) is 0 Å². The lowest BCUT2D eigenvalue weighted by atomic mass is 10.00. The van der Waals surface area contributed by atoms with Crippen LogP contribution in [0.4, 0.5) is 0 Å². The van der Waals surface area contributed by atoms with Gasteiger partial charge in [-0.3, -0.25) is 0 Å². The molecule has 1 heteroatoms. The molecule has 0 fully saturated rings. The summed E-state index contributed by atoms with van der Waals surface area (Å²) in [5.41, 5.74) is 7.61. The summed E-state index contributed by atoms with van der Waals surface area (Å²) >= 11 is 0. The number of benzene rings is 4. The zero-order chi connectivity index (χ0) is 19.3. The van der Waals surface area contributed by atoms with Crippen LogP contribution in [0, 0.1) is 13.8 Å². The maximum Gasteiger partial charge on any atom is 0.127 e. The van der Waals surface area contributed by atoms with Crippen molar-refractivity contribution in [3.8, 4) is 22.6 Å². The van der Waals surface area contributed by atoms with Crippen molar-refractivity contribution in [3.63, 3.8) is 0 Å². The molecule has 0 aliphatic carbocycles. The van der Waals surface area contributed by atoms with E-state index in [2.05, 4.69) is 86.6 Å². The minimum atomic E-state index is 0.851. The van der Waals surface area contributed by atoms with E-state index in [9.17, 15) is 0 Å². The van der Waals surface area contributed by atoms with Gasteiger partial charge in [-0.1, -0.05) is 83.9 Å². The first-order valence-corrected chi connectivity index (χ1v) is 9.65. The first-order chi connectivity index (χ1) is 13.7. The molecule has 0 aliphatic rings. The van der Waals surface area contributed by atoms with E-state index < -0.39 is 0 Å². The molecule has 0 bridgehead atoms. The smallest absolute Gasteiger partial charge is 0.127 e. The van der Waals surface area contributed by atoms with Crippen LogP contribution in [0.25, 0.3) is 11.1 Å². The van der Waals surface area contributed by atoms with Crippen LogP contribution in [0.1, 0.15) is 22.3 Å². The molecule has 0 heterocycles. The molecule has 0 spiro atoms. The zero-order valence-corrected chi connectivity index (χ0v) is 16.4. The van der Waals surface area contributed by atoms with E-state index in [1.54, 1.807) is 0 Å². The first-order valence-electron chi connectivity index (χ1n) is 9.65. The summed E-state index contributed by atoms with van der Waals surface area (Å²) in [7, 11) is 0. The van der Waals surface area contributed by atoms with Gasteiger partial charge >= 0.3 is 0 Å². The van der Waals surface area contributed by atoms with Gasteiger partial charge in [-0.05, 0) is 66.8 Å². The third-order valence-corrected chi connectivity index (χ3v) is 4.93. The Morgan fingerprint density at radius 1 is 0.464 bits per heavy atom. The Balaban J connectivity index is 1.43. The topological polar surface area (TPSA) is 9.23 Å². The highest BCUT2D eigenvalue weighted by atomic mass is 16.5. The fourth-order valence-corrected chi connectivity index (χ4v) is 3.21. The monoisotopic (exact) mass is 364 g/mol. The van der Waals surface area contributed by atoms with Gasteiger partial charge < -0.3 is 4.74 Å². The van der Waals surface area contributed by atoms with Crippen LogP contribution in [-0.4, -0.2) is 0 Å². The summed E-state index contributed by atoms with van der Waals surface area (Å²) in [5, 5.41) is 0. The molecule has 0 unspecified atom stereocenters. The number of ether oxygens (including phenoxy) is 1. The van der Waals surface area contributed by atoms with Crippen LogP contribution in [0.15, 0.2) is 97.1 Å². The number of hydrogen-bond acceptors (Lipinski definition) is 1. The lowest BCUT2D eigenvalue weighted by Crippen LogP contribution is -1.89. The van der Waals surface area contributed by atoms with Crippen molar-refractivity contribution in [2.24, 2.45) is 0 Å². The predicted octanol–water partition coefficient (Wildman–Crippen LogP) is 7.35. The Bertz CT molecular complexity index is 936. The molecule has 1 nitrogen and oxygen atoms in total. The highest BCUT2D eigenvalue weighted by molar-refractivity contribution is 5.64. The standard InChI is InChI=1S/C27H24O/c1-20-3-7-22(8-4-20)19-23-9-11-24(12-10-23)25-13-17-27(18-14-25)28-26-15-5-21(2)6-16-26/h3-18H,19H2,1-2H3. The Morgan fingerprint density at radius 3 is 1.32 bits per heavy atom. The van der Waals surface area contributed by atoms with Gasteiger partial charge in [-0.2, -0.15) is 0 Å². The minimum Gasteiger partial charge on any atom is -0.457 e. The minimum absolute atomic E-state index is 0.851. The molecule has 4 rings (SSSR count). The molecule has 28 heavy (non-hydrogen) atoms. The van der Waals surface area contributed by atoms with Crippen molar-refractivity contribution in [3.05, 3.63) is 119 Å². The van der Waals surface area contributed by atoms with Crippen molar-refractivity contribution in [2.75, 3.05) is 0 Å². The fourth-order valence-electron chi connectivity index (χ4n) is 3.21. The fraction of sp³-hybridized carbons (Fsp3) is 0.111. The van der Waals surface area contributed by atoms with Gasteiger partial charge in [-0.15, -0.1) is 0 Å². The molecular weight excluding hydrogens is 340 g/mol. The molecule has 0 aliphatic heterocycles. The van der Waals surface area contributed by atoms with E-state index in [4.69, 9.17) is 4.74 Å². The number of aryl methyl sites for hydroxylation is 2. The third-order valence-electron chi connectivity index (χ3n) is 4.93. The van der Waals surface area contributed by atoms with Crippen molar-refractivity contribution in [1.82, 2.24) is 0 Å². The van der Waals surface area contributed by atoms with Crippen LogP contribution in [0.3, 0.4) is 0 Å². The molecule has 0 saturated heterocycles. The molecule has 0 amide bonds. The highest BCUT2D eigenvalue weighted by Gasteiger charge is 2.02. The first kappa shape index (κ1) is 18.1. The number of rotatable bonds is 5. The van der Waals surface area contributed by atoms with Gasteiger partial charge in [0.2, 0.25) is 0 Å². The molecule has 0 aromatic heterocycles. The number of hydrogen-bond donors (Lipinski definition) is 0. The van der Waals surface area contributed by atoms with Gasteiger partial charge in [-0.25, -0.2) is 0 Å². The Kier molecular flexibility index (Phi) is 5.25. The van der Waals surface area contributed by atoms with Gasteiger partial charge in [0.1, 0.15) is 11.5 Å². The molecule has 4 aromatic rings. The zero-order valence-electron chi connectivity index (χ0n) is 16.4. The molecule has 138 valence electrons. The molecule has 0 N–H and O–H groups in total. The average Bonchev–Trinajstić information content (AvgIpc) is 2.73. The van der Waals surface area contributed by atoms with Crippen LogP contribution >= 0.6 is 0 Å². The van der Waals surface area contributed by atoms with Crippen LogP contribution in [0.2, 0.25) is 0 Å². The second kappa shape index (κ2) is 8.14.